The van der Waals surface area contributed by atoms with E-state index in [-0.39, 0.29) is 17.2 Å². The second-order valence-corrected chi connectivity index (χ2v) is 8.19. The van der Waals surface area contributed by atoms with Crippen LogP contribution in [0, 0.1) is 12.7 Å². The first kappa shape index (κ1) is 18.3. The Balaban J connectivity index is 1.75. The molecule has 8 nitrogen and oxygen atoms in total. The molecular formula is C22H21FN6O2. The third-order valence-corrected chi connectivity index (χ3v) is 6.14. The summed E-state index contributed by atoms with van der Waals surface area (Å²) in [7, 11) is 3.36. The number of halogens is 1. The van der Waals surface area contributed by atoms with E-state index in [0.717, 1.165) is 40.4 Å². The van der Waals surface area contributed by atoms with E-state index >= 15 is 4.39 Å². The summed E-state index contributed by atoms with van der Waals surface area (Å²) in [6.45, 7) is 3.05. The lowest BCUT2D eigenvalue weighted by molar-refractivity contribution is 0.321. The molecule has 0 radical (unpaired) electrons. The minimum Gasteiger partial charge on any atom is -0.475 e. The predicted octanol–water partition coefficient (Wildman–Crippen LogP) is 3.73. The highest BCUT2D eigenvalue weighted by atomic mass is 19.1. The van der Waals surface area contributed by atoms with Crippen LogP contribution >= 0.6 is 0 Å². The highest BCUT2D eigenvalue weighted by Gasteiger charge is 2.33. The van der Waals surface area contributed by atoms with Crippen molar-refractivity contribution in [2.45, 2.75) is 25.7 Å². The summed E-state index contributed by atoms with van der Waals surface area (Å²) in [5.74, 6) is 0.781. The first-order valence-electron chi connectivity index (χ1n) is 10.3. The Kier molecular flexibility index (Phi) is 3.84. The zero-order valence-electron chi connectivity index (χ0n) is 17.5. The molecular weight excluding hydrogens is 399 g/mol. The zero-order chi connectivity index (χ0) is 21.3. The maximum absolute atomic E-state index is 16.2. The van der Waals surface area contributed by atoms with Crippen molar-refractivity contribution in [3.63, 3.8) is 0 Å². The smallest absolute Gasteiger partial charge is 0.318 e. The van der Waals surface area contributed by atoms with Gasteiger partial charge in [0.2, 0.25) is 5.88 Å². The molecule has 1 saturated carbocycles. The standard InChI is InChI=1S/C22H21FN6O2/c1-10-8-13-12(9-24-28-13)15(14(10)11-4-5-11)18-17(23)19-16-20(27-22(26-19)30-3)29(2)6-7-31-21(16)25-18/h8-9,11H,4-7H2,1-3H3,(H,24,28). The van der Waals surface area contributed by atoms with E-state index in [9.17, 15) is 0 Å². The molecule has 0 unspecified atom stereocenters. The van der Waals surface area contributed by atoms with Crippen molar-refractivity contribution in [2.75, 3.05) is 32.2 Å². The van der Waals surface area contributed by atoms with Gasteiger partial charge in [0.05, 0.1) is 25.4 Å². The number of fused-ring (bicyclic) bond motifs is 1. The number of ether oxygens (including phenoxy) is 2. The summed E-state index contributed by atoms with van der Waals surface area (Å²) in [4.78, 5) is 15.4. The minimum atomic E-state index is -0.505. The monoisotopic (exact) mass is 420 g/mol. The molecule has 1 N–H and O–H groups in total. The first-order valence-corrected chi connectivity index (χ1v) is 10.3. The van der Waals surface area contributed by atoms with E-state index in [2.05, 4.69) is 33.2 Å². The molecule has 158 valence electrons. The van der Waals surface area contributed by atoms with Crippen LogP contribution < -0.4 is 14.4 Å². The van der Waals surface area contributed by atoms with E-state index in [4.69, 9.17) is 14.5 Å². The summed E-state index contributed by atoms with van der Waals surface area (Å²) >= 11 is 0. The fourth-order valence-corrected chi connectivity index (χ4v) is 4.52. The summed E-state index contributed by atoms with van der Waals surface area (Å²) < 4.78 is 27.4. The summed E-state index contributed by atoms with van der Waals surface area (Å²) in [6, 6.07) is 2.18. The molecule has 0 saturated heterocycles. The van der Waals surface area contributed by atoms with Gasteiger partial charge in [-0.15, -0.1) is 0 Å². The number of pyridine rings is 1. The third kappa shape index (κ3) is 2.65. The van der Waals surface area contributed by atoms with Gasteiger partial charge in [-0.25, -0.2) is 9.37 Å². The number of aromatic nitrogens is 5. The molecule has 3 aromatic heterocycles. The maximum Gasteiger partial charge on any atom is 0.318 e. The maximum atomic E-state index is 16.2. The Labute approximate surface area is 177 Å². The minimum absolute atomic E-state index is 0.110. The van der Waals surface area contributed by atoms with Crippen LogP contribution in [-0.4, -0.2) is 52.5 Å². The molecule has 0 atom stereocenters. The molecule has 1 aliphatic heterocycles. The number of hydrogen-bond donors (Lipinski definition) is 1. The number of H-pyrrole nitrogens is 1. The Morgan fingerprint density at radius 3 is 2.87 bits per heavy atom. The quantitative estimate of drug-likeness (QED) is 0.540. The molecule has 4 aromatic rings. The first-order chi connectivity index (χ1) is 15.1. The van der Waals surface area contributed by atoms with Crippen molar-refractivity contribution in [1.29, 1.82) is 0 Å². The van der Waals surface area contributed by atoms with Crippen molar-refractivity contribution >= 4 is 27.6 Å². The van der Waals surface area contributed by atoms with Crippen LogP contribution in [0.15, 0.2) is 12.3 Å². The van der Waals surface area contributed by atoms with Gasteiger partial charge in [-0.3, -0.25) is 5.10 Å². The number of benzene rings is 1. The highest BCUT2D eigenvalue weighted by molar-refractivity contribution is 6.01. The third-order valence-electron chi connectivity index (χ3n) is 6.14. The number of nitrogens with one attached hydrogen (secondary N) is 1. The molecule has 2 aliphatic rings. The number of likely N-dealkylation sites (N-methyl/N-ethyl adjacent to an activating group) is 1. The van der Waals surface area contributed by atoms with Crippen LogP contribution in [0.2, 0.25) is 0 Å². The van der Waals surface area contributed by atoms with E-state index < -0.39 is 5.82 Å². The molecule has 1 aromatic carbocycles. The van der Waals surface area contributed by atoms with Gasteiger partial charge < -0.3 is 14.4 Å². The van der Waals surface area contributed by atoms with Crippen molar-refractivity contribution in [3.05, 3.63) is 29.2 Å². The van der Waals surface area contributed by atoms with Crippen LogP contribution in [0.4, 0.5) is 10.2 Å². The van der Waals surface area contributed by atoms with Gasteiger partial charge in [-0.05, 0) is 42.9 Å². The Bertz CT molecular complexity index is 1360. The predicted molar refractivity (Wildman–Crippen MR) is 114 cm³/mol. The summed E-state index contributed by atoms with van der Waals surface area (Å²) in [5.41, 5.74) is 4.22. The summed E-state index contributed by atoms with van der Waals surface area (Å²) in [6.07, 6.45) is 3.90. The lowest BCUT2D eigenvalue weighted by atomic mass is 9.92. The molecule has 4 heterocycles. The van der Waals surface area contributed by atoms with Gasteiger partial charge in [0.1, 0.15) is 29.0 Å². The van der Waals surface area contributed by atoms with Gasteiger partial charge in [-0.2, -0.15) is 15.1 Å². The molecule has 1 fully saturated rings. The number of anilines is 1. The average Bonchev–Trinajstić information content (AvgIpc) is 3.52. The average molecular weight is 420 g/mol. The van der Waals surface area contributed by atoms with Gasteiger partial charge in [-0.1, -0.05) is 0 Å². The fourth-order valence-electron chi connectivity index (χ4n) is 4.52. The van der Waals surface area contributed by atoms with Crippen molar-refractivity contribution in [1.82, 2.24) is 25.1 Å². The Morgan fingerprint density at radius 1 is 1.26 bits per heavy atom. The van der Waals surface area contributed by atoms with Crippen LogP contribution in [0.5, 0.6) is 11.9 Å². The topological polar surface area (TPSA) is 89.1 Å². The van der Waals surface area contributed by atoms with Gasteiger partial charge in [0.15, 0.2) is 5.82 Å². The SMILES string of the molecule is COc1nc2c3c(nc(-c4c(C5CC5)c(C)cc5[nH]ncc45)c(F)c3n1)OCCN2C. The van der Waals surface area contributed by atoms with Gasteiger partial charge >= 0.3 is 6.01 Å². The van der Waals surface area contributed by atoms with Crippen LogP contribution in [-0.2, 0) is 0 Å². The van der Waals surface area contributed by atoms with Gasteiger partial charge in [0, 0.05) is 18.0 Å². The lowest BCUT2D eigenvalue weighted by Gasteiger charge is -2.18. The summed E-state index contributed by atoms with van der Waals surface area (Å²) in [5, 5.41) is 8.52. The van der Waals surface area contributed by atoms with Crippen molar-refractivity contribution in [2.24, 2.45) is 0 Å². The lowest BCUT2D eigenvalue weighted by Crippen LogP contribution is -2.22. The normalized spacial score (nSPS) is 15.9. The fraction of sp³-hybridized carbons (Fsp3) is 0.364. The van der Waals surface area contributed by atoms with Crippen LogP contribution in [0.3, 0.4) is 0 Å². The molecule has 0 bridgehead atoms. The molecule has 0 amide bonds. The van der Waals surface area contributed by atoms with Crippen LogP contribution in [0.1, 0.15) is 29.9 Å². The van der Waals surface area contributed by atoms with E-state index in [1.54, 1.807) is 6.20 Å². The number of nitrogens with zero attached hydrogens (tertiary/aromatic N) is 5. The molecule has 6 rings (SSSR count). The number of aromatic amines is 1. The number of methoxy groups -OCH3 is 1. The highest BCUT2D eigenvalue weighted by Crippen LogP contribution is 2.49. The zero-order valence-corrected chi connectivity index (χ0v) is 17.5. The largest absolute Gasteiger partial charge is 0.475 e. The number of rotatable bonds is 3. The molecule has 0 spiro atoms. The van der Waals surface area contributed by atoms with Gasteiger partial charge in [0.25, 0.3) is 0 Å². The van der Waals surface area contributed by atoms with Crippen molar-refractivity contribution < 1.29 is 13.9 Å². The molecule has 1 aliphatic carbocycles. The van der Waals surface area contributed by atoms with E-state index in [1.165, 1.54) is 7.11 Å². The second-order valence-electron chi connectivity index (χ2n) is 8.19. The number of hydrogen-bond acceptors (Lipinski definition) is 7. The van der Waals surface area contributed by atoms with Crippen molar-refractivity contribution in [3.8, 4) is 23.1 Å². The second kappa shape index (κ2) is 6.50. The van der Waals surface area contributed by atoms with Crippen LogP contribution in [0.25, 0.3) is 33.1 Å². The van der Waals surface area contributed by atoms with E-state index in [1.807, 2.05) is 11.9 Å². The Morgan fingerprint density at radius 2 is 2.10 bits per heavy atom. The molecule has 31 heavy (non-hydrogen) atoms. The number of aryl methyl sites for hydroxylation is 1. The Hall–Kier alpha value is -3.49. The van der Waals surface area contributed by atoms with E-state index in [0.29, 0.717) is 36.2 Å². The molecule has 9 heteroatoms.